The van der Waals surface area contributed by atoms with Gasteiger partial charge < -0.3 is 4.57 Å². The van der Waals surface area contributed by atoms with Crippen LogP contribution in [0.25, 0.3) is 0 Å². The van der Waals surface area contributed by atoms with Crippen molar-refractivity contribution in [2.24, 2.45) is 0 Å². The standard InChI is InChI=1S/C10H18N2O2S/c1-3-4-5-10-11-6-7-12(10)8-9-15(2,13)14/h6-7H,3-5,8-9H2,1-2H3. The van der Waals surface area contributed by atoms with Gasteiger partial charge in [0.15, 0.2) is 0 Å². The quantitative estimate of drug-likeness (QED) is 0.739. The summed E-state index contributed by atoms with van der Waals surface area (Å²) in [5, 5.41) is 0. The highest BCUT2D eigenvalue weighted by Crippen LogP contribution is 2.03. The molecule has 0 aliphatic rings. The summed E-state index contributed by atoms with van der Waals surface area (Å²) in [4.78, 5) is 4.22. The van der Waals surface area contributed by atoms with Crippen LogP contribution in [0.2, 0.25) is 0 Å². The van der Waals surface area contributed by atoms with Crippen LogP contribution in [0.4, 0.5) is 0 Å². The lowest BCUT2D eigenvalue weighted by molar-refractivity contribution is 0.590. The van der Waals surface area contributed by atoms with E-state index in [1.54, 1.807) is 6.20 Å². The van der Waals surface area contributed by atoms with Crippen molar-refractivity contribution in [3.05, 3.63) is 18.2 Å². The molecule has 0 N–H and O–H groups in total. The third-order valence-corrected chi connectivity index (χ3v) is 3.18. The molecule has 0 spiro atoms. The van der Waals surface area contributed by atoms with Crippen LogP contribution in [0, 0.1) is 0 Å². The van der Waals surface area contributed by atoms with Crippen molar-refractivity contribution in [1.82, 2.24) is 9.55 Å². The first kappa shape index (κ1) is 12.2. The molecule has 0 aromatic carbocycles. The minimum atomic E-state index is -2.89. The predicted octanol–water partition coefficient (Wildman–Crippen LogP) is 1.27. The van der Waals surface area contributed by atoms with Gasteiger partial charge >= 0.3 is 0 Å². The molecule has 1 heterocycles. The maximum Gasteiger partial charge on any atom is 0.149 e. The van der Waals surface area contributed by atoms with Gasteiger partial charge in [-0.25, -0.2) is 13.4 Å². The summed E-state index contributed by atoms with van der Waals surface area (Å²) < 4.78 is 24.0. The smallest absolute Gasteiger partial charge is 0.149 e. The molecular weight excluding hydrogens is 212 g/mol. The van der Waals surface area contributed by atoms with Crippen molar-refractivity contribution >= 4 is 9.84 Å². The van der Waals surface area contributed by atoms with Crippen molar-refractivity contribution in [1.29, 1.82) is 0 Å². The second-order valence-electron chi connectivity index (χ2n) is 3.77. The maximum atomic E-state index is 11.0. The molecule has 1 aromatic rings. The van der Waals surface area contributed by atoms with E-state index in [-0.39, 0.29) is 5.75 Å². The molecule has 0 fully saturated rings. The summed E-state index contributed by atoms with van der Waals surface area (Å²) in [6, 6.07) is 0. The zero-order chi connectivity index (χ0) is 11.3. The highest BCUT2D eigenvalue weighted by atomic mass is 32.2. The van der Waals surface area contributed by atoms with Gasteiger partial charge in [0.25, 0.3) is 0 Å². The summed E-state index contributed by atoms with van der Waals surface area (Å²) in [7, 11) is -2.89. The number of aryl methyl sites for hydroxylation is 2. The van der Waals surface area contributed by atoms with Gasteiger partial charge in [-0.2, -0.15) is 0 Å². The van der Waals surface area contributed by atoms with Crippen LogP contribution in [0.5, 0.6) is 0 Å². The molecule has 0 unspecified atom stereocenters. The van der Waals surface area contributed by atoms with Crippen molar-refractivity contribution in [3.8, 4) is 0 Å². The summed E-state index contributed by atoms with van der Waals surface area (Å²) in [5.41, 5.74) is 0. The molecule has 15 heavy (non-hydrogen) atoms. The minimum absolute atomic E-state index is 0.183. The molecule has 1 aromatic heterocycles. The van der Waals surface area contributed by atoms with Crippen molar-refractivity contribution in [2.75, 3.05) is 12.0 Å². The Morgan fingerprint density at radius 1 is 1.47 bits per heavy atom. The largest absolute Gasteiger partial charge is 0.334 e. The van der Waals surface area contributed by atoms with Crippen LogP contribution in [0.1, 0.15) is 25.6 Å². The van der Waals surface area contributed by atoms with Crippen molar-refractivity contribution < 1.29 is 8.42 Å². The van der Waals surface area contributed by atoms with Gasteiger partial charge in [-0.15, -0.1) is 0 Å². The second kappa shape index (κ2) is 5.30. The van der Waals surface area contributed by atoms with E-state index in [1.165, 1.54) is 6.26 Å². The van der Waals surface area contributed by atoms with Crippen LogP contribution in [-0.2, 0) is 22.8 Å². The Morgan fingerprint density at radius 2 is 2.20 bits per heavy atom. The zero-order valence-electron chi connectivity index (χ0n) is 9.31. The third kappa shape index (κ3) is 4.46. The Labute approximate surface area is 91.3 Å². The number of imidazole rings is 1. The first-order valence-electron chi connectivity index (χ1n) is 5.20. The average molecular weight is 230 g/mol. The Kier molecular flexibility index (Phi) is 4.32. The molecule has 4 nitrogen and oxygen atoms in total. The molecule has 0 saturated heterocycles. The molecule has 1 rings (SSSR count). The number of sulfone groups is 1. The molecule has 0 atom stereocenters. The number of unbranched alkanes of at least 4 members (excludes halogenated alkanes) is 1. The lowest BCUT2D eigenvalue weighted by atomic mass is 10.2. The monoisotopic (exact) mass is 230 g/mol. The van der Waals surface area contributed by atoms with E-state index in [1.807, 2.05) is 10.8 Å². The fourth-order valence-corrected chi connectivity index (χ4v) is 1.90. The lowest BCUT2D eigenvalue weighted by Crippen LogP contribution is -2.12. The highest BCUT2D eigenvalue weighted by molar-refractivity contribution is 7.90. The van der Waals surface area contributed by atoms with E-state index in [2.05, 4.69) is 11.9 Å². The normalized spacial score (nSPS) is 11.9. The average Bonchev–Trinajstić information content (AvgIpc) is 2.57. The molecule has 86 valence electrons. The Hall–Kier alpha value is -0.840. The summed E-state index contributed by atoms with van der Waals surface area (Å²) in [5.74, 6) is 1.17. The number of hydrogen-bond acceptors (Lipinski definition) is 3. The zero-order valence-corrected chi connectivity index (χ0v) is 10.1. The van der Waals surface area contributed by atoms with E-state index in [4.69, 9.17) is 0 Å². The highest BCUT2D eigenvalue weighted by Gasteiger charge is 2.06. The van der Waals surface area contributed by atoms with Gasteiger partial charge in [0.2, 0.25) is 0 Å². The summed E-state index contributed by atoms with van der Waals surface area (Å²) in [6.45, 7) is 2.64. The molecular formula is C10H18N2O2S. The fraction of sp³-hybridized carbons (Fsp3) is 0.700. The fourth-order valence-electron chi connectivity index (χ4n) is 1.37. The van der Waals surface area contributed by atoms with Crippen molar-refractivity contribution in [2.45, 2.75) is 32.7 Å². The van der Waals surface area contributed by atoms with E-state index in [0.29, 0.717) is 6.54 Å². The van der Waals surface area contributed by atoms with Crippen molar-refractivity contribution in [3.63, 3.8) is 0 Å². The predicted molar refractivity (Wildman–Crippen MR) is 60.5 cm³/mol. The molecule has 0 radical (unpaired) electrons. The van der Waals surface area contributed by atoms with Gasteiger partial charge in [-0.05, 0) is 6.42 Å². The van der Waals surface area contributed by atoms with Gasteiger partial charge in [0.1, 0.15) is 15.7 Å². The Bertz CT molecular complexity index is 395. The van der Waals surface area contributed by atoms with E-state index < -0.39 is 9.84 Å². The molecule has 0 aliphatic carbocycles. The van der Waals surface area contributed by atoms with Crippen LogP contribution >= 0.6 is 0 Å². The van der Waals surface area contributed by atoms with Gasteiger partial charge in [0, 0.05) is 31.6 Å². The number of aromatic nitrogens is 2. The Morgan fingerprint density at radius 3 is 2.80 bits per heavy atom. The van der Waals surface area contributed by atoms with E-state index in [0.717, 1.165) is 25.1 Å². The molecule has 0 amide bonds. The van der Waals surface area contributed by atoms with Gasteiger partial charge in [-0.3, -0.25) is 0 Å². The summed E-state index contributed by atoms with van der Waals surface area (Å²) >= 11 is 0. The van der Waals surface area contributed by atoms with Crippen LogP contribution < -0.4 is 0 Å². The minimum Gasteiger partial charge on any atom is -0.334 e. The lowest BCUT2D eigenvalue weighted by Gasteiger charge is -2.06. The molecule has 0 saturated carbocycles. The van der Waals surface area contributed by atoms with E-state index in [9.17, 15) is 8.42 Å². The topological polar surface area (TPSA) is 52.0 Å². The first-order valence-corrected chi connectivity index (χ1v) is 7.26. The molecule has 0 bridgehead atoms. The third-order valence-electron chi connectivity index (χ3n) is 2.26. The van der Waals surface area contributed by atoms with Crippen LogP contribution in [0.3, 0.4) is 0 Å². The number of hydrogen-bond donors (Lipinski definition) is 0. The maximum absolute atomic E-state index is 11.0. The summed E-state index contributed by atoms with van der Waals surface area (Å²) in [6.07, 6.45) is 7.97. The second-order valence-corrected chi connectivity index (χ2v) is 6.03. The van der Waals surface area contributed by atoms with Crippen LogP contribution in [-0.4, -0.2) is 30.0 Å². The molecule has 5 heteroatoms. The van der Waals surface area contributed by atoms with E-state index >= 15 is 0 Å². The Balaban J connectivity index is 2.57. The van der Waals surface area contributed by atoms with Gasteiger partial charge in [0.05, 0.1) is 5.75 Å². The molecule has 0 aliphatic heterocycles. The SMILES string of the molecule is CCCCc1nccn1CCS(C)(=O)=O. The van der Waals surface area contributed by atoms with Crippen LogP contribution in [0.15, 0.2) is 12.4 Å². The number of nitrogens with zero attached hydrogens (tertiary/aromatic N) is 2. The van der Waals surface area contributed by atoms with Gasteiger partial charge in [-0.1, -0.05) is 13.3 Å². The number of rotatable bonds is 6. The first-order chi connectivity index (χ1) is 7.03.